The Balaban J connectivity index is 1.93. The van der Waals surface area contributed by atoms with Crippen LogP contribution in [0.1, 0.15) is 59.8 Å². The lowest BCUT2D eigenvalue weighted by molar-refractivity contribution is -0.179. The molecule has 0 amide bonds. The molecule has 2 fully saturated rings. The molecule has 0 aromatic carbocycles. The van der Waals surface area contributed by atoms with Crippen molar-refractivity contribution < 1.29 is 9.47 Å². The van der Waals surface area contributed by atoms with Crippen molar-refractivity contribution in [1.29, 1.82) is 0 Å². The van der Waals surface area contributed by atoms with Crippen LogP contribution in [-0.2, 0) is 9.47 Å². The van der Waals surface area contributed by atoms with E-state index in [-0.39, 0.29) is 0 Å². The minimum atomic E-state index is 0.344. The molecule has 1 aliphatic heterocycles. The molecule has 4 atom stereocenters. The number of hydrogen-bond donors (Lipinski definition) is 0. The van der Waals surface area contributed by atoms with Crippen LogP contribution in [0.15, 0.2) is 0 Å². The average Bonchev–Trinajstić information content (AvgIpc) is 2.29. The highest BCUT2D eigenvalue weighted by atomic mass is 79.9. The molecule has 106 valence electrons. The van der Waals surface area contributed by atoms with Crippen LogP contribution in [0.2, 0.25) is 0 Å². The minimum Gasteiger partial charge on any atom is -0.375 e. The molecule has 1 aliphatic carbocycles. The number of halogens is 1. The largest absolute Gasteiger partial charge is 0.375 e. The molecule has 2 aliphatic rings. The van der Waals surface area contributed by atoms with Crippen molar-refractivity contribution in [3.05, 3.63) is 0 Å². The molecule has 0 spiro atoms. The highest BCUT2D eigenvalue weighted by Gasteiger charge is 2.53. The second-order valence-electron chi connectivity index (χ2n) is 6.12. The molecular formula is C15H27BrO2. The average molecular weight is 319 g/mol. The summed E-state index contributed by atoms with van der Waals surface area (Å²) in [4.78, 5) is 0.639. The van der Waals surface area contributed by atoms with E-state index < -0.39 is 0 Å². The van der Waals surface area contributed by atoms with Crippen LogP contribution in [0.25, 0.3) is 0 Å². The van der Waals surface area contributed by atoms with Crippen molar-refractivity contribution in [2.24, 2.45) is 5.41 Å². The van der Waals surface area contributed by atoms with Gasteiger partial charge >= 0.3 is 0 Å². The van der Waals surface area contributed by atoms with Crippen molar-refractivity contribution in [2.75, 3.05) is 0 Å². The normalized spacial score (nSPS) is 43.5. The summed E-state index contributed by atoms with van der Waals surface area (Å²) in [6.07, 6.45) is 7.21. The summed E-state index contributed by atoms with van der Waals surface area (Å²) in [7, 11) is 0. The number of rotatable bonds is 4. The third kappa shape index (κ3) is 2.64. The fraction of sp³-hybridized carbons (Fsp3) is 1.00. The Labute approximate surface area is 120 Å². The Bertz CT molecular complexity index is 268. The Hall–Kier alpha value is 0.400. The molecule has 2 nitrogen and oxygen atoms in total. The highest BCUT2D eigenvalue weighted by Crippen LogP contribution is 2.53. The first-order valence-corrected chi connectivity index (χ1v) is 8.38. The van der Waals surface area contributed by atoms with Crippen LogP contribution in [0, 0.1) is 5.41 Å². The van der Waals surface area contributed by atoms with Crippen LogP contribution in [0.3, 0.4) is 0 Å². The molecule has 0 N–H and O–H groups in total. The van der Waals surface area contributed by atoms with E-state index in [1.54, 1.807) is 0 Å². The van der Waals surface area contributed by atoms with E-state index in [9.17, 15) is 0 Å². The van der Waals surface area contributed by atoms with Gasteiger partial charge < -0.3 is 9.47 Å². The van der Waals surface area contributed by atoms with Crippen LogP contribution in [0.5, 0.6) is 0 Å². The summed E-state index contributed by atoms with van der Waals surface area (Å²) in [5, 5.41) is 0. The summed E-state index contributed by atoms with van der Waals surface area (Å²) in [6.45, 7) is 8.91. The van der Waals surface area contributed by atoms with Gasteiger partial charge in [0.1, 0.15) is 0 Å². The second kappa shape index (κ2) is 5.80. The molecule has 3 heteroatoms. The van der Waals surface area contributed by atoms with E-state index >= 15 is 0 Å². The molecule has 1 saturated heterocycles. The maximum absolute atomic E-state index is 6.43. The minimum absolute atomic E-state index is 0.344. The number of hydrogen-bond acceptors (Lipinski definition) is 2. The Morgan fingerprint density at radius 3 is 2.11 bits per heavy atom. The zero-order valence-electron chi connectivity index (χ0n) is 12.1. The first-order valence-electron chi connectivity index (χ1n) is 7.46. The molecule has 1 saturated carbocycles. The zero-order valence-corrected chi connectivity index (χ0v) is 13.7. The molecule has 1 heterocycles. The van der Waals surface area contributed by atoms with Gasteiger partial charge in [0.05, 0.1) is 24.4 Å². The monoisotopic (exact) mass is 318 g/mol. The van der Waals surface area contributed by atoms with Crippen LogP contribution in [-0.4, -0.2) is 29.2 Å². The lowest BCUT2D eigenvalue weighted by Crippen LogP contribution is -2.56. The first kappa shape index (κ1) is 14.8. The SMILES string of the molecule is CCC1(CC)C(Br)CC1OC1CC(C)OC(C)C1. The van der Waals surface area contributed by atoms with Crippen LogP contribution >= 0.6 is 15.9 Å². The van der Waals surface area contributed by atoms with Crippen LogP contribution in [0.4, 0.5) is 0 Å². The third-order valence-corrected chi connectivity index (χ3v) is 6.30. The van der Waals surface area contributed by atoms with E-state index in [0.29, 0.717) is 34.7 Å². The lowest BCUT2D eigenvalue weighted by atomic mass is 9.62. The van der Waals surface area contributed by atoms with Crippen molar-refractivity contribution in [3.8, 4) is 0 Å². The van der Waals surface area contributed by atoms with Crippen LogP contribution < -0.4 is 0 Å². The van der Waals surface area contributed by atoms with Gasteiger partial charge in [-0.25, -0.2) is 0 Å². The lowest BCUT2D eigenvalue weighted by Gasteiger charge is -2.54. The predicted molar refractivity (Wildman–Crippen MR) is 78.3 cm³/mol. The fourth-order valence-corrected chi connectivity index (χ4v) is 5.01. The van der Waals surface area contributed by atoms with E-state index in [1.165, 1.54) is 19.3 Å². The Morgan fingerprint density at radius 2 is 1.67 bits per heavy atom. The number of alkyl halides is 1. The van der Waals surface area contributed by atoms with Gasteiger partial charge in [-0.1, -0.05) is 29.8 Å². The van der Waals surface area contributed by atoms with Gasteiger partial charge in [-0.05, 0) is 46.0 Å². The van der Waals surface area contributed by atoms with Gasteiger partial charge in [0.25, 0.3) is 0 Å². The molecule has 4 unspecified atom stereocenters. The molecule has 0 radical (unpaired) electrons. The summed E-state index contributed by atoms with van der Waals surface area (Å²) >= 11 is 3.83. The Kier molecular flexibility index (Phi) is 4.77. The Morgan fingerprint density at radius 1 is 1.11 bits per heavy atom. The van der Waals surface area contributed by atoms with Crippen molar-refractivity contribution >= 4 is 15.9 Å². The zero-order chi connectivity index (χ0) is 13.3. The smallest absolute Gasteiger partial charge is 0.0656 e. The highest BCUT2D eigenvalue weighted by molar-refractivity contribution is 9.09. The molecule has 2 rings (SSSR count). The summed E-state index contributed by atoms with van der Waals surface area (Å²) in [5.74, 6) is 0. The molecule has 0 bridgehead atoms. The first-order chi connectivity index (χ1) is 8.51. The quantitative estimate of drug-likeness (QED) is 0.719. The van der Waals surface area contributed by atoms with E-state index in [0.717, 1.165) is 12.8 Å². The maximum Gasteiger partial charge on any atom is 0.0656 e. The van der Waals surface area contributed by atoms with E-state index in [1.807, 2.05) is 0 Å². The predicted octanol–water partition coefficient (Wildman–Crippen LogP) is 4.30. The maximum atomic E-state index is 6.43. The number of ether oxygens (including phenoxy) is 2. The topological polar surface area (TPSA) is 18.5 Å². The van der Waals surface area contributed by atoms with Gasteiger partial charge in [0.2, 0.25) is 0 Å². The van der Waals surface area contributed by atoms with E-state index in [2.05, 4.69) is 43.6 Å². The van der Waals surface area contributed by atoms with Crippen molar-refractivity contribution in [1.82, 2.24) is 0 Å². The van der Waals surface area contributed by atoms with Gasteiger partial charge in [-0.15, -0.1) is 0 Å². The van der Waals surface area contributed by atoms with Gasteiger partial charge in [0, 0.05) is 10.2 Å². The molecule has 18 heavy (non-hydrogen) atoms. The fourth-order valence-electron chi connectivity index (χ4n) is 3.73. The standard InChI is InChI=1S/C15H27BrO2/c1-5-15(6-2)13(16)9-14(15)18-12-7-10(3)17-11(4)8-12/h10-14H,5-9H2,1-4H3. The third-order valence-electron chi connectivity index (χ3n) is 5.01. The van der Waals surface area contributed by atoms with Gasteiger partial charge in [-0.3, -0.25) is 0 Å². The summed E-state index contributed by atoms with van der Waals surface area (Å²) in [6, 6.07) is 0. The molecule has 0 aromatic rings. The van der Waals surface area contributed by atoms with E-state index in [4.69, 9.17) is 9.47 Å². The van der Waals surface area contributed by atoms with Crippen molar-refractivity contribution in [2.45, 2.75) is 89.0 Å². The molecule has 0 aromatic heterocycles. The van der Waals surface area contributed by atoms with Crippen molar-refractivity contribution in [3.63, 3.8) is 0 Å². The summed E-state index contributed by atoms with van der Waals surface area (Å²) < 4.78 is 12.2. The molecular weight excluding hydrogens is 292 g/mol. The summed E-state index contributed by atoms with van der Waals surface area (Å²) in [5.41, 5.74) is 0.366. The second-order valence-corrected chi connectivity index (χ2v) is 7.22. The van der Waals surface area contributed by atoms with Gasteiger partial charge in [0.15, 0.2) is 0 Å². The van der Waals surface area contributed by atoms with Gasteiger partial charge in [-0.2, -0.15) is 0 Å².